The maximum Gasteiger partial charge on any atom is 0.337 e. The van der Waals surface area contributed by atoms with Gasteiger partial charge in [0.1, 0.15) is 11.5 Å². The number of nitrogens with zero attached hydrogens (tertiary/aromatic N) is 5. The second kappa shape index (κ2) is 11.0. The molecular formula is C36H37FN6O4. The van der Waals surface area contributed by atoms with E-state index in [2.05, 4.69) is 10.1 Å². The third-order valence-corrected chi connectivity index (χ3v) is 8.94. The van der Waals surface area contributed by atoms with Crippen molar-refractivity contribution in [2.24, 2.45) is 14.1 Å². The molecule has 10 nitrogen and oxygen atoms in total. The first kappa shape index (κ1) is 30.6. The van der Waals surface area contributed by atoms with Crippen LogP contribution in [0.1, 0.15) is 55.7 Å². The third kappa shape index (κ3) is 5.14. The summed E-state index contributed by atoms with van der Waals surface area (Å²) >= 11 is 0. The Hall–Kier alpha value is -5.03. The largest absolute Gasteiger partial charge is 0.490 e. The molecule has 0 amide bonds. The Morgan fingerprint density at radius 1 is 1.15 bits per heavy atom. The molecule has 1 atom stereocenters. The monoisotopic (exact) mass is 636 g/mol. The van der Waals surface area contributed by atoms with Crippen molar-refractivity contribution in [1.82, 2.24) is 29.3 Å². The molecule has 0 spiro atoms. The molecule has 7 rings (SSSR count). The lowest BCUT2D eigenvalue weighted by atomic mass is 9.86. The summed E-state index contributed by atoms with van der Waals surface area (Å²) in [5, 5.41) is 16.6. The van der Waals surface area contributed by atoms with Crippen LogP contribution >= 0.6 is 0 Å². The molecule has 2 N–H and O–H groups in total. The van der Waals surface area contributed by atoms with Crippen LogP contribution in [0.25, 0.3) is 55.8 Å². The average molecular weight is 637 g/mol. The smallest absolute Gasteiger partial charge is 0.337 e. The molecule has 0 aliphatic carbocycles. The number of fused-ring (bicyclic) bond motifs is 3. The number of aromatic nitrogens is 6. The number of hydrogen-bond donors (Lipinski definition) is 2. The van der Waals surface area contributed by atoms with Crippen molar-refractivity contribution in [3.63, 3.8) is 0 Å². The zero-order valence-electron chi connectivity index (χ0n) is 27.5. The Morgan fingerprint density at radius 2 is 1.94 bits per heavy atom. The number of aryl methyl sites for hydroxylation is 3. The van der Waals surface area contributed by atoms with E-state index in [1.54, 1.807) is 13.1 Å². The minimum Gasteiger partial charge on any atom is -0.490 e. The summed E-state index contributed by atoms with van der Waals surface area (Å²) in [4.78, 5) is 26.0. The fourth-order valence-electron chi connectivity index (χ4n) is 6.74. The van der Waals surface area contributed by atoms with Crippen molar-refractivity contribution in [3.05, 3.63) is 70.9 Å². The number of pyridine rings is 1. The van der Waals surface area contributed by atoms with E-state index < -0.39 is 23.5 Å². The lowest BCUT2D eigenvalue weighted by Crippen LogP contribution is -2.28. The number of benzene rings is 2. The molecule has 4 aromatic heterocycles. The molecule has 0 radical (unpaired) electrons. The van der Waals surface area contributed by atoms with Gasteiger partial charge in [-0.25, -0.2) is 19.2 Å². The van der Waals surface area contributed by atoms with Gasteiger partial charge >= 0.3 is 5.97 Å². The van der Waals surface area contributed by atoms with E-state index in [0.717, 1.165) is 45.4 Å². The summed E-state index contributed by atoms with van der Waals surface area (Å²) in [5.41, 5.74) is 7.01. The number of nitrogens with one attached hydrogen (secondary N) is 1. The Balaban J connectivity index is 1.46. The number of aliphatic carboxylic acids is 1. The number of ether oxygens (including phenoxy) is 2. The first-order valence-corrected chi connectivity index (χ1v) is 15.7. The van der Waals surface area contributed by atoms with E-state index >= 15 is 4.39 Å². The van der Waals surface area contributed by atoms with Gasteiger partial charge in [-0.1, -0.05) is 0 Å². The maximum absolute atomic E-state index is 15.8. The van der Waals surface area contributed by atoms with E-state index in [0.29, 0.717) is 52.3 Å². The van der Waals surface area contributed by atoms with E-state index in [4.69, 9.17) is 19.4 Å². The van der Waals surface area contributed by atoms with E-state index in [9.17, 15) is 9.90 Å². The van der Waals surface area contributed by atoms with Crippen LogP contribution in [-0.4, -0.2) is 52.6 Å². The van der Waals surface area contributed by atoms with Gasteiger partial charge in [0.15, 0.2) is 17.7 Å². The molecule has 47 heavy (non-hydrogen) atoms. The highest BCUT2D eigenvalue weighted by Crippen LogP contribution is 2.45. The van der Waals surface area contributed by atoms with Gasteiger partial charge in [-0.05, 0) is 88.9 Å². The van der Waals surface area contributed by atoms with Gasteiger partial charge in [-0.3, -0.25) is 4.68 Å². The molecule has 0 unspecified atom stereocenters. The van der Waals surface area contributed by atoms with Gasteiger partial charge in [0.2, 0.25) is 0 Å². The number of hydrogen-bond acceptors (Lipinski definition) is 6. The quantitative estimate of drug-likeness (QED) is 0.198. The highest BCUT2D eigenvalue weighted by atomic mass is 19.1. The maximum atomic E-state index is 15.8. The fourth-order valence-corrected chi connectivity index (χ4v) is 6.74. The van der Waals surface area contributed by atoms with Crippen LogP contribution in [0.2, 0.25) is 0 Å². The molecule has 1 aliphatic rings. The van der Waals surface area contributed by atoms with Gasteiger partial charge in [-0.15, -0.1) is 0 Å². The SMILES string of the molecule is Cc1nc2c(cc(-c3cnc(-c4ccc5c(cnn5C)c4)[nH]3)n2C)c(-c2cc(F)c3c(c2C)CCCO3)c1[C@H](OC(C)(C)C)C(=O)O. The van der Waals surface area contributed by atoms with Gasteiger partial charge in [0, 0.05) is 52.8 Å². The summed E-state index contributed by atoms with van der Waals surface area (Å²) in [6, 6.07) is 9.48. The lowest BCUT2D eigenvalue weighted by molar-refractivity contribution is -0.160. The van der Waals surface area contributed by atoms with Crippen LogP contribution in [-0.2, 0) is 30.0 Å². The highest BCUT2D eigenvalue weighted by molar-refractivity contribution is 6.01. The van der Waals surface area contributed by atoms with Crippen LogP contribution in [0.5, 0.6) is 5.75 Å². The molecule has 0 saturated heterocycles. The average Bonchev–Trinajstić information content (AvgIpc) is 3.74. The molecule has 5 heterocycles. The molecule has 242 valence electrons. The normalized spacial score (nSPS) is 14.0. The number of H-pyrrole nitrogens is 1. The molecule has 11 heteroatoms. The molecule has 6 aromatic rings. The Labute approximate surface area is 271 Å². The molecule has 1 aliphatic heterocycles. The van der Waals surface area contributed by atoms with Crippen molar-refractivity contribution < 1.29 is 23.8 Å². The lowest BCUT2D eigenvalue weighted by Gasteiger charge is -2.29. The number of rotatable bonds is 6. The van der Waals surface area contributed by atoms with Crippen LogP contribution in [0.15, 0.2) is 42.7 Å². The van der Waals surface area contributed by atoms with E-state index in [1.807, 2.05) is 81.5 Å². The van der Waals surface area contributed by atoms with Crippen molar-refractivity contribution in [2.45, 2.75) is 59.2 Å². The minimum absolute atomic E-state index is 0.269. The van der Waals surface area contributed by atoms with Crippen LogP contribution < -0.4 is 4.74 Å². The molecular weight excluding hydrogens is 599 g/mol. The van der Waals surface area contributed by atoms with Gasteiger partial charge in [0.25, 0.3) is 0 Å². The number of carboxylic acids is 1. The third-order valence-electron chi connectivity index (χ3n) is 8.94. The van der Waals surface area contributed by atoms with Crippen LogP contribution in [0.4, 0.5) is 4.39 Å². The molecule has 0 bridgehead atoms. The molecule has 2 aromatic carbocycles. The number of aromatic amines is 1. The second-order valence-corrected chi connectivity index (χ2v) is 13.2. The van der Waals surface area contributed by atoms with Crippen molar-refractivity contribution in [2.75, 3.05) is 6.61 Å². The zero-order valence-corrected chi connectivity index (χ0v) is 27.5. The fraction of sp³-hybridized carbons (Fsp3) is 0.333. The Bertz CT molecular complexity index is 2220. The summed E-state index contributed by atoms with van der Waals surface area (Å²) in [7, 11) is 3.81. The number of imidazole rings is 1. The predicted molar refractivity (Wildman–Crippen MR) is 178 cm³/mol. The zero-order chi connectivity index (χ0) is 33.4. The standard InChI is InChI=1S/C36H37FN6O4/c1-18-22-9-8-12-46-31(22)25(37)14-23(18)30-24-15-28(26-17-38-33(41-26)20-10-11-27-21(13-20)16-39-43(27)7)42(6)34(24)40-19(2)29(30)32(35(44)45)47-36(3,4)5/h10-11,13-17,32H,8-9,12H2,1-7H3,(H,38,41)(H,44,45)/t32-/m0/s1. The van der Waals surface area contributed by atoms with Crippen molar-refractivity contribution >= 4 is 27.9 Å². The molecule has 0 saturated carbocycles. The summed E-state index contributed by atoms with van der Waals surface area (Å²) in [6.07, 6.45) is 3.68. The summed E-state index contributed by atoms with van der Waals surface area (Å²) in [5.74, 6) is -0.662. The Kier molecular flexibility index (Phi) is 7.20. The van der Waals surface area contributed by atoms with Crippen molar-refractivity contribution in [3.8, 4) is 39.7 Å². The Morgan fingerprint density at radius 3 is 2.68 bits per heavy atom. The number of halogens is 1. The van der Waals surface area contributed by atoms with Crippen molar-refractivity contribution in [1.29, 1.82) is 0 Å². The topological polar surface area (TPSA) is 120 Å². The number of carbonyl (C=O) groups is 1. The summed E-state index contributed by atoms with van der Waals surface area (Å²) < 4.78 is 31.5. The van der Waals surface area contributed by atoms with Crippen LogP contribution in [0.3, 0.4) is 0 Å². The molecule has 0 fully saturated rings. The predicted octanol–water partition coefficient (Wildman–Crippen LogP) is 7.21. The van der Waals surface area contributed by atoms with Gasteiger partial charge < -0.3 is 24.1 Å². The summed E-state index contributed by atoms with van der Waals surface area (Å²) in [6.45, 7) is 9.62. The second-order valence-electron chi connectivity index (χ2n) is 13.2. The number of carboxylic acid groups (broad SMARTS) is 1. The minimum atomic E-state index is -1.35. The van der Waals surface area contributed by atoms with Gasteiger partial charge in [-0.2, -0.15) is 5.10 Å². The van der Waals surface area contributed by atoms with E-state index in [-0.39, 0.29) is 5.75 Å². The first-order valence-electron chi connectivity index (χ1n) is 15.7. The van der Waals surface area contributed by atoms with Crippen LogP contribution in [0, 0.1) is 19.7 Å². The first-order chi connectivity index (χ1) is 22.3. The van der Waals surface area contributed by atoms with E-state index in [1.165, 1.54) is 6.07 Å². The van der Waals surface area contributed by atoms with Gasteiger partial charge in [0.05, 0.1) is 41.5 Å². The highest BCUT2D eigenvalue weighted by Gasteiger charge is 2.34.